The fourth-order valence-electron chi connectivity index (χ4n) is 9.67. The average molecular weight is 919 g/mol. The van der Waals surface area contributed by atoms with Gasteiger partial charge in [-0.25, -0.2) is 4.39 Å². The third-order valence-corrected chi connectivity index (χ3v) is 14.0. The highest BCUT2D eigenvalue weighted by Gasteiger charge is 2.35. The van der Waals surface area contributed by atoms with Gasteiger partial charge in [-0.1, -0.05) is 30.3 Å². The molecule has 3 aliphatic rings. The van der Waals surface area contributed by atoms with Gasteiger partial charge in [0.2, 0.25) is 5.91 Å². The second-order valence-electron chi connectivity index (χ2n) is 18.0. The number of carbonyl (C=O) groups is 3. The molecule has 0 spiro atoms. The van der Waals surface area contributed by atoms with E-state index in [2.05, 4.69) is 12.1 Å². The Morgan fingerprint density at radius 3 is 2.35 bits per heavy atom. The third kappa shape index (κ3) is 8.87. The van der Waals surface area contributed by atoms with Crippen LogP contribution in [0.5, 0.6) is 11.5 Å². The van der Waals surface area contributed by atoms with E-state index in [1.54, 1.807) is 58.9 Å². The van der Waals surface area contributed by atoms with Crippen LogP contribution in [0.25, 0.3) is 11.3 Å². The molecule has 350 valence electrons. The van der Waals surface area contributed by atoms with Gasteiger partial charge in [-0.3, -0.25) is 19.3 Å². The maximum atomic E-state index is 15.4. The predicted octanol–water partition coefficient (Wildman–Crippen LogP) is 8.24. The Kier molecular flexibility index (Phi) is 13.0. The highest BCUT2D eigenvalue weighted by Crippen LogP contribution is 2.39. The number of fused-ring (bicyclic) bond motifs is 2. The quantitative estimate of drug-likeness (QED) is 0.122. The van der Waals surface area contributed by atoms with Crippen LogP contribution in [0.4, 0.5) is 15.8 Å². The smallest absolute Gasteiger partial charge is 0.264 e. The Hall–Kier alpha value is -7.21. The zero-order valence-corrected chi connectivity index (χ0v) is 39.1. The molecule has 9 rings (SSSR count). The van der Waals surface area contributed by atoms with Crippen LogP contribution in [-0.2, 0) is 60.7 Å². The van der Waals surface area contributed by atoms with Gasteiger partial charge in [-0.15, -0.1) is 0 Å². The van der Waals surface area contributed by atoms with Gasteiger partial charge >= 0.3 is 0 Å². The summed E-state index contributed by atoms with van der Waals surface area (Å²) in [6.07, 6.45) is 2.89. The highest BCUT2D eigenvalue weighted by molar-refractivity contribution is 6.13. The topological polar surface area (TPSA) is 142 Å². The molecule has 1 N–H and O–H groups in total. The number of ether oxygens (including phenoxy) is 3. The Balaban J connectivity index is 1.07. The largest absolute Gasteiger partial charge is 0.508 e. The van der Waals surface area contributed by atoms with Crippen molar-refractivity contribution in [3.8, 4) is 28.8 Å². The monoisotopic (exact) mass is 918 g/mol. The molecule has 1 unspecified atom stereocenters. The average Bonchev–Trinajstić information content (AvgIpc) is 3.78. The summed E-state index contributed by atoms with van der Waals surface area (Å²) >= 11 is 0. The molecule has 3 amide bonds. The van der Waals surface area contributed by atoms with Gasteiger partial charge < -0.3 is 38.3 Å². The van der Waals surface area contributed by atoms with E-state index < -0.39 is 5.82 Å². The lowest BCUT2D eigenvalue weighted by molar-refractivity contribution is -0.131. The molecule has 0 bridgehead atoms. The normalized spacial score (nSPS) is 16.4. The first-order valence-electron chi connectivity index (χ1n) is 23.0. The van der Waals surface area contributed by atoms with E-state index >= 15 is 14.0 Å². The van der Waals surface area contributed by atoms with Crippen LogP contribution >= 0.6 is 0 Å². The summed E-state index contributed by atoms with van der Waals surface area (Å²) in [4.78, 5) is 49.5. The van der Waals surface area contributed by atoms with Gasteiger partial charge in [0.15, 0.2) is 0 Å². The molecule has 2 aromatic heterocycles. The van der Waals surface area contributed by atoms with Crippen molar-refractivity contribution < 1.29 is 38.1 Å². The number of amides is 3. The number of nitrogens with zero attached hydrogens (tertiary/aromatic N) is 6. The maximum Gasteiger partial charge on any atom is 0.264 e. The van der Waals surface area contributed by atoms with Gasteiger partial charge in [-0.2, -0.15) is 5.26 Å². The first-order valence-corrected chi connectivity index (χ1v) is 23.0. The molecule has 14 heteroatoms. The van der Waals surface area contributed by atoms with E-state index in [0.29, 0.717) is 95.7 Å². The fraction of sp³-hybridized carbons (Fsp3) is 0.333. The van der Waals surface area contributed by atoms with E-state index in [-0.39, 0.29) is 54.1 Å². The number of aromatic hydroxyl groups is 1. The number of nitriles is 1. The molecular formula is C54H55FN6O7. The lowest BCUT2D eigenvalue weighted by atomic mass is 9.89. The van der Waals surface area contributed by atoms with Crippen molar-refractivity contribution in [2.45, 2.75) is 71.2 Å². The molecule has 1 saturated heterocycles. The van der Waals surface area contributed by atoms with E-state index in [9.17, 15) is 15.2 Å². The number of phenolic OH excluding ortho intramolecular Hbond substituents is 1. The Labute approximate surface area is 395 Å². The Morgan fingerprint density at radius 1 is 0.897 bits per heavy atom. The second kappa shape index (κ2) is 19.2. The molecule has 68 heavy (non-hydrogen) atoms. The van der Waals surface area contributed by atoms with Crippen molar-refractivity contribution in [1.29, 1.82) is 5.26 Å². The van der Waals surface area contributed by atoms with Gasteiger partial charge in [-0.05, 0) is 116 Å². The first kappa shape index (κ1) is 45.9. The summed E-state index contributed by atoms with van der Waals surface area (Å²) in [5.41, 5.74) is 9.05. The number of anilines is 2. The number of halogens is 1. The molecule has 13 nitrogen and oxygen atoms in total. The van der Waals surface area contributed by atoms with Crippen molar-refractivity contribution in [2.24, 2.45) is 14.1 Å². The van der Waals surface area contributed by atoms with E-state index in [1.165, 1.54) is 18.2 Å². The molecule has 1 fully saturated rings. The lowest BCUT2D eigenvalue weighted by Crippen LogP contribution is -2.47. The SMILES string of the molecule is COC[C@@H]1Cc2ccccc2CN1C(=O)c1cc2c(cc1-c1cc(C(=O)N(c3ccc(O)cc3)c3cc(C#N)n(C)c3C)c(C)n1C)CCN(C(=O)Cc1ccc(OCCC3CCO3)cc1F)C2. The predicted molar refractivity (Wildman–Crippen MR) is 254 cm³/mol. The molecule has 2 atom stereocenters. The Bertz CT molecular complexity index is 2960. The fourth-order valence-corrected chi connectivity index (χ4v) is 9.67. The van der Waals surface area contributed by atoms with Crippen molar-refractivity contribution in [1.82, 2.24) is 18.9 Å². The summed E-state index contributed by atoms with van der Waals surface area (Å²) in [5, 5.41) is 20.1. The molecule has 3 aliphatic heterocycles. The van der Waals surface area contributed by atoms with E-state index in [0.717, 1.165) is 41.7 Å². The number of aromatic nitrogens is 2. The number of hydrogen-bond acceptors (Lipinski definition) is 8. The molecule has 0 radical (unpaired) electrons. The van der Waals surface area contributed by atoms with Crippen molar-refractivity contribution in [2.75, 3.05) is 38.4 Å². The summed E-state index contributed by atoms with van der Waals surface area (Å²) in [5.74, 6) is -0.869. The number of carbonyl (C=O) groups excluding carboxylic acids is 3. The Morgan fingerprint density at radius 2 is 1.66 bits per heavy atom. The van der Waals surface area contributed by atoms with E-state index in [1.807, 2.05) is 66.8 Å². The minimum Gasteiger partial charge on any atom is -0.508 e. The number of methoxy groups -OCH3 is 1. The van der Waals surface area contributed by atoms with Gasteiger partial charge in [0, 0.05) is 93.8 Å². The van der Waals surface area contributed by atoms with Crippen LogP contribution in [0.3, 0.4) is 0 Å². The molecule has 0 saturated carbocycles. The van der Waals surface area contributed by atoms with Crippen LogP contribution in [0.1, 0.15) is 78.5 Å². The van der Waals surface area contributed by atoms with Crippen LogP contribution in [0, 0.1) is 31.0 Å². The van der Waals surface area contributed by atoms with Crippen LogP contribution in [0.15, 0.2) is 91.0 Å². The molecule has 4 aromatic carbocycles. The number of benzene rings is 4. The first-order chi connectivity index (χ1) is 32.8. The minimum atomic E-state index is -0.507. The lowest BCUT2D eigenvalue weighted by Gasteiger charge is -2.37. The van der Waals surface area contributed by atoms with Crippen LogP contribution in [0.2, 0.25) is 0 Å². The van der Waals surface area contributed by atoms with Crippen molar-refractivity contribution in [3.05, 3.63) is 153 Å². The van der Waals surface area contributed by atoms with E-state index in [4.69, 9.17) is 14.2 Å². The van der Waals surface area contributed by atoms with Crippen LogP contribution < -0.4 is 9.64 Å². The minimum absolute atomic E-state index is 0.0412. The van der Waals surface area contributed by atoms with Gasteiger partial charge in [0.25, 0.3) is 11.8 Å². The summed E-state index contributed by atoms with van der Waals surface area (Å²) in [6, 6.07) is 28.4. The summed E-state index contributed by atoms with van der Waals surface area (Å²) in [7, 11) is 5.27. The maximum absolute atomic E-state index is 15.4. The highest BCUT2D eigenvalue weighted by atomic mass is 19.1. The standard InChI is InChI=1S/C54H55FN6O7/c1-33-46(54(65)61(40-11-13-43(62)14-12-40)50-26-41(29-56)57(3)34(50)2)28-51(58(33)4)47-23-36-16-19-59(52(63)25-37-10-15-45(27-49(37)55)68-21-18-44-17-20-67-44)30-39(36)24-48(47)53(64)60-31-38-9-7-6-8-35(38)22-42(60)32-66-5/h6-15,23-24,26-28,42,44,62H,16-22,25,30-32H2,1-5H3/t42-,44?/m0/s1. The number of hydrogen-bond donors (Lipinski definition) is 1. The van der Waals surface area contributed by atoms with Gasteiger partial charge in [0.05, 0.1) is 43.0 Å². The van der Waals surface area contributed by atoms with Gasteiger partial charge in [0.1, 0.15) is 29.1 Å². The molecule has 0 aliphatic carbocycles. The second-order valence-corrected chi connectivity index (χ2v) is 18.0. The van der Waals surface area contributed by atoms with Crippen LogP contribution in [-0.4, -0.2) is 87.4 Å². The molecule has 6 aromatic rings. The number of rotatable bonds is 13. The number of phenols is 1. The molecular weight excluding hydrogens is 864 g/mol. The van der Waals surface area contributed by atoms with Crippen molar-refractivity contribution in [3.63, 3.8) is 0 Å². The van der Waals surface area contributed by atoms with Crippen molar-refractivity contribution >= 4 is 29.1 Å². The summed E-state index contributed by atoms with van der Waals surface area (Å²) < 4.78 is 36.0. The zero-order chi connectivity index (χ0) is 47.8. The third-order valence-electron chi connectivity index (χ3n) is 14.0. The zero-order valence-electron chi connectivity index (χ0n) is 39.1. The molecule has 5 heterocycles. The summed E-state index contributed by atoms with van der Waals surface area (Å²) in [6.45, 7) is 6.19.